The van der Waals surface area contributed by atoms with Gasteiger partial charge in [0.15, 0.2) is 0 Å². The zero-order chi connectivity index (χ0) is 9.84. The van der Waals surface area contributed by atoms with Gasteiger partial charge in [-0.25, -0.2) is 0 Å². The van der Waals surface area contributed by atoms with Crippen LogP contribution in [0.1, 0.15) is 10.4 Å². The molecule has 0 aromatic heterocycles. The van der Waals surface area contributed by atoms with E-state index in [0.29, 0.717) is 0 Å². The Kier molecular flexibility index (Phi) is 3.93. The molecule has 70 valence electrons. The Morgan fingerprint density at radius 3 is 2.38 bits per heavy atom. The third-order valence-electron chi connectivity index (χ3n) is 1.64. The number of carbonyl (C=O) groups is 1. The predicted molar refractivity (Wildman–Crippen MR) is 59.9 cm³/mol. The van der Waals surface area contributed by atoms with E-state index >= 15 is 0 Å². The number of carbonyl (C=O) groups excluding carboxylic acids is 1. The molecule has 0 aliphatic rings. The Labute approximate surface area is 94.0 Å². The van der Waals surface area contributed by atoms with E-state index in [9.17, 15) is 4.79 Å². The summed E-state index contributed by atoms with van der Waals surface area (Å²) in [5, 5.41) is 2.58. The van der Waals surface area contributed by atoms with Crippen LogP contribution in [0.4, 0.5) is 0 Å². The molecule has 0 spiro atoms. The number of halogens is 2. The number of rotatable bonds is 2. The smallest absolute Gasteiger partial charge is 0.238 e. The van der Waals surface area contributed by atoms with Crippen LogP contribution in [0.25, 0.3) is 0 Å². The highest BCUT2D eigenvalue weighted by Crippen LogP contribution is 2.24. The molecule has 1 atom stereocenters. The third-order valence-corrected chi connectivity index (χ3v) is 3.11. The van der Waals surface area contributed by atoms with Gasteiger partial charge in [-0.1, -0.05) is 44.0 Å². The summed E-state index contributed by atoms with van der Waals surface area (Å²) in [7, 11) is 1.62. The van der Waals surface area contributed by atoms with Crippen molar-refractivity contribution in [3.8, 4) is 0 Å². The first-order valence-corrected chi connectivity index (χ1v) is 5.47. The molecule has 1 aromatic rings. The lowest BCUT2D eigenvalue weighted by Gasteiger charge is -2.07. The van der Waals surface area contributed by atoms with Crippen molar-refractivity contribution in [1.82, 2.24) is 5.32 Å². The molecule has 1 aromatic carbocycles. The van der Waals surface area contributed by atoms with E-state index in [0.717, 1.165) is 10.0 Å². The summed E-state index contributed by atoms with van der Waals surface area (Å²) in [6, 6.07) is 7.62. The van der Waals surface area contributed by atoms with E-state index in [2.05, 4.69) is 37.2 Å². The second kappa shape index (κ2) is 4.77. The van der Waals surface area contributed by atoms with Gasteiger partial charge in [0.2, 0.25) is 5.91 Å². The van der Waals surface area contributed by atoms with Crippen molar-refractivity contribution in [2.24, 2.45) is 0 Å². The van der Waals surface area contributed by atoms with Gasteiger partial charge in [0.25, 0.3) is 0 Å². The normalized spacial score (nSPS) is 12.2. The molecule has 0 saturated carbocycles. The predicted octanol–water partition coefficient (Wildman–Crippen LogP) is 2.63. The van der Waals surface area contributed by atoms with Crippen LogP contribution < -0.4 is 5.32 Å². The largest absolute Gasteiger partial charge is 0.358 e. The average molecular weight is 307 g/mol. The molecule has 13 heavy (non-hydrogen) atoms. The third kappa shape index (κ3) is 2.81. The van der Waals surface area contributed by atoms with Crippen LogP contribution in [0.15, 0.2) is 28.7 Å². The second-order valence-corrected chi connectivity index (χ2v) is 4.36. The number of amides is 1. The van der Waals surface area contributed by atoms with Crippen LogP contribution in [0.5, 0.6) is 0 Å². The van der Waals surface area contributed by atoms with Crippen molar-refractivity contribution >= 4 is 37.8 Å². The van der Waals surface area contributed by atoms with Crippen molar-refractivity contribution in [3.05, 3.63) is 34.3 Å². The molecule has 4 heteroatoms. The standard InChI is InChI=1S/C9H9Br2NO/c1-12-9(13)8(11)6-2-4-7(10)5-3-6/h2-5,8H,1H3,(H,12,13). The Morgan fingerprint density at radius 1 is 1.38 bits per heavy atom. The number of hydrogen-bond acceptors (Lipinski definition) is 1. The minimum Gasteiger partial charge on any atom is -0.358 e. The maximum absolute atomic E-state index is 11.2. The first kappa shape index (κ1) is 10.7. The number of hydrogen-bond donors (Lipinski definition) is 1. The van der Waals surface area contributed by atoms with Gasteiger partial charge in [-0.15, -0.1) is 0 Å². The topological polar surface area (TPSA) is 29.1 Å². The van der Waals surface area contributed by atoms with Crippen LogP contribution in [0.2, 0.25) is 0 Å². The van der Waals surface area contributed by atoms with Gasteiger partial charge >= 0.3 is 0 Å². The van der Waals surface area contributed by atoms with Crippen LogP contribution in [-0.2, 0) is 4.79 Å². The Bertz CT molecular complexity index is 297. The second-order valence-electron chi connectivity index (χ2n) is 2.53. The van der Waals surface area contributed by atoms with Crippen molar-refractivity contribution in [3.63, 3.8) is 0 Å². The lowest BCUT2D eigenvalue weighted by molar-refractivity contribution is -0.120. The highest BCUT2D eigenvalue weighted by molar-refractivity contribution is 9.10. The Balaban J connectivity index is 2.83. The van der Waals surface area contributed by atoms with Gasteiger partial charge in [-0.05, 0) is 17.7 Å². The average Bonchev–Trinajstić information content (AvgIpc) is 2.17. The van der Waals surface area contributed by atoms with E-state index in [1.54, 1.807) is 7.05 Å². The molecule has 0 fully saturated rings. The first-order valence-electron chi connectivity index (χ1n) is 3.76. The molecule has 1 N–H and O–H groups in total. The highest BCUT2D eigenvalue weighted by atomic mass is 79.9. The lowest BCUT2D eigenvalue weighted by Crippen LogP contribution is -2.22. The van der Waals surface area contributed by atoms with Crippen molar-refractivity contribution in [2.45, 2.75) is 4.83 Å². The van der Waals surface area contributed by atoms with Gasteiger partial charge in [0.1, 0.15) is 4.83 Å². The van der Waals surface area contributed by atoms with Crippen LogP contribution in [-0.4, -0.2) is 13.0 Å². The molecule has 0 bridgehead atoms. The minimum absolute atomic E-state index is 0.0395. The Morgan fingerprint density at radius 2 is 1.92 bits per heavy atom. The summed E-state index contributed by atoms with van der Waals surface area (Å²) in [5.41, 5.74) is 0.947. The van der Waals surface area contributed by atoms with E-state index in [-0.39, 0.29) is 10.7 Å². The molecule has 1 rings (SSSR count). The molecular weight excluding hydrogens is 298 g/mol. The quantitative estimate of drug-likeness (QED) is 0.836. The summed E-state index contributed by atoms with van der Waals surface area (Å²) >= 11 is 6.64. The summed E-state index contributed by atoms with van der Waals surface area (Å²) in [5.74, 6) is -0.0395. The number of benzene rings is 1. The molecule has 0 saturated heterocycles. The molecule has 0 aliphatic heterocycles. The number of nitrogens with one attached hydrogen (secondary N) is 1. The fourth-order valence-electron chi connectivity index (χ4n) is 0.910. The zero-order valence-electron chi connectivity index (χ0n) is 7.05. The highest BCUT2D eigenvalue weighted by Gasteiger charge is 2.14. The summed E-state index contributed by atoms with van der Waals surface area (Å²) in [4.78, 5) is 11.0. The molecule has 0 aliphatic carbocycles. The monoisotopic (exact) mass is 305 g/mol. The van der Waals surface area contributed by atoms with E-state index < -0.39 is 0 Å². The van der Waals surface area contributed by atoms with Crippen molar-refractivity contribution < 1.29 is 4.79 Å². The number of likely N-dealkylation sites (N-methyl/N-ethyl adjacent to an activating group) is 1. The zero-order valence-corrected chi connectivity index (χ0v) is 10.2. The van der Waals surface area contributed by atoms with Crippen LogP contribution >= 0.6 is 31.9 Å². The maximum atomic E-state index is 11.2. The Hall–Kier alpha value is -0.350. The minimum atomic E-state index is -0.273. The SMILES string of the molecule is CNC(=O)C(Br)c1ccc(Br)cc1. The van der Waals surface area contributed by atoms with E-state index in [1.165, 1.54) is 0 Å². The van der Waals surface area contributed by atoms with Gasteiger partial charge in [0, 0.05) is 11.5 Å². The number of alkyl halides is 1. The summed E-state index contributed by atoms with van der Waals surface area (Å²) < 4.78 is 1.01. The van der Waals surface area contributed by atoms with Crippen LogP contribution in [0, 0.1) is 0 Å². The van der Waals surface area contributed by atoms with Gasteiger partial charge in [0.05, 0.1) is 0 Å². The van der Waals surface area contributed by atoms with Crippen molar-refractivity contribution in [1.29, 1.82) is 0 Å². The first-order chi connectivity index (χ1) is 6.15. The van der Waals surface area contributed by atoms with Crippen LogP contribution in [0.3, 0.4) is 0 Å². The molecule has 1 amide bonds. The molecule has 1 unspecified atom stereocenters. The summed E-state index contributed by atoms with van der Waals surface area (Å²) in [6.45, 7) is 0. The molecule has 0 heterocycles. The fraction of sp³-hybridized carbons (Fsp3) is 0.222. The molecule has 2 nitrogen and oxygen atoms in total. The fourth-order valence-corrected chi connectivity index (χ4v) is 1.71. The van der Waals surface area contributed by atoms with Gasteiger partial charge in [-0.2, -0.15) is 0 Å². The molecular formula is C9H9Br2NO. The lowest BCUT2D eigenvalue weighted by atomic mass is 10.1. The van der Waals surface area contributed by atoms with Gasteiger partial charge < -0.3 is 5.32 Å². The summed E-state index contributed by atoms with van der Waals surface area (Å²) in [6.07, 6.45) is 0. The van der Waals surface area contributed by atoms with E-state index in [1.807, 2.05) is 24.3 Å². The van der Waals surface area contributed by atoms with Crippen molar-refractivity contribution in [2.75, 3.05) is 7.05 Å². The molecule has 0 radical (unpaired) electrons. The van der Waals surface area contributed by atoms with E-state index in [4.69, 9.17) is 0 Å². The maximum Gasteiger partial charge on any atom is 0.238 e. The van der Waals surface area contributed by atoms with Gasteiger partial charge in [-0.3, -0.25) is 4.79 Å².